The third kappa shape index (κ3) is 1.80. The minimum atomic E-state index is -0.217. The molecule has 0 unspecified atom stereocenters. The van der Waals surface area contributed by atoms with Gasteiger partial charge in [0, 0.05) is 22.7 Å². The number of hydrogen-bond acceptors (Lipinski definition) is 5. The summed E-state index contributed by atoms with van der Waals surface area (Å²) in [7, 11) is 0. The van der Waals surface area contributed by atoms with Crippen LogP contribution in [0.2, 0.25) is 0 Å². The third-order valence-corrected chi connectivity index (χ3v) is 3.78. The minimum absolute atomic E-state index is 0.125. The summed E-state index contributed by atoms with van der Waals surface area (Å²) < 4.78 is 0. The summed E-state index contributed by atoms with van der Waals surface area (Å²) in [4.78, 5) is 20.3. The Morgan fingerprint density at radius 3 is 2.89 bits per heavy atom. The van der Waals surface area contributed by atoms with E-state index in [0.717, 1.165) is 5.01 Å². The standard InChI is InChI=1S/C13H11N3O2S/c1-6-10-8(5-9-14-3-4-19-9)13(18)16-12(10)15-7(2)11(6)17/h3-5,17H,1-2H3,(H,15,16,18)/b8-5-. The van der Waals surface area contributed by atoms with E-state index in [2.05, 4.69) is 15.3 Å². The first kappa shape index (κ1) is 11.9. The Balaban J connectivity index is 2.22. The highest BCUT2D eigenvalue weighted by atomic mass is 32.1. The second kappa shape index (κ2) is 4.17. The molecule has 3 rings (SSSR count). The molecule has 3 heterocycles. The fourth-order valence-electron chi connectivity index (χ4n) is 2.12. The van der Waals surface area contributed by atoms with Gasteiger partial charge >= 0.3 is 0 Å². The van der Waals surface area contributed by atoms with Crippen molar-refractivity contribution < 1.29 is 9.90 Å². The Bertz CT molecular complexity index is 705. The van der Waals surface area contributed by atoms with Gasteiger partial charge in [0.05, 0.1) is 11.3 Å². The quantitative estimate of drug-likeness (QED) is 0.782. The van der Waals surface area contributed by atoms with Crippen LogP contribution in [0.1, 0.15) is 21.8 Å². The first-order valence-electron chi connectivity index (χ1n) is 5.71. The zero-order valence-corrected chi connectivity index (χ0v) is 11.2. The van der Waals surface area contributed by atoms with E-state index in [9.17, 15) is 9.90 Å². The molecule has 2 N–H and O–H groups in total. The maximum atomic E-state index is 12.0. The van der Waals surface area contributed by atoms with Gasteiger partial charge < -0.3 is 10.4 Å². The van der Waals surface area contributed by atoms with Gasteiger partial charge in [-0.15, -0.1) is 11.3 Å². The van der Waals surface area contributed by atoms with Crippen LogP contribution in [0.3, 0.4) is 0 Å². The molecule has 1 aliphatic heterocycles. The van der Waals surface area contributed by atoms with Crippen molar-refractivity contribution in [3.8, 4) is 5.75 Å². The van der Waals surface area contributed by atoms with Gasteiger partial charge in [0.25, 0.3) is 5.91 Å². The fraction of sp³-hybridized carbons (Fsp3) is 0.154. The molecule has 2 aromatic heterocycles. The number of aryl methyl sites for hydroxylation is 1. The molecule has 0 aliphatic carbocycles. The number of nitrogens with one attached hydrogen (secondary N) is 1. The van der Waals surface area contributed by atoms with Crippen molar-refractivity contribution in [2.75, 3.05) is 5.32 Å². The molecule has 0 saturated heterocycles. The van der Waals surface area contributed by atoms with E-state index >= 15 is 0 Å². The predicted octanol–water partition coefficient (Wildman–Crippen LogP) is 2.35. The number of hydrogen-bond donors (Lipinski definition) is 2. The van der Waals surface area contributed by atoms with Crippen LogP contribution in [0.4, 0.5) is 5.82 Å². The van der Waals surface area contributed by atoms with Gasteiger partial charge in [-0.3, -0.25) is 4.79 Å². The second-order valence-electron chi connectivity index (χ2n) is 4.28. The van der Waals surface area contributed by atoms with Crippen LogP contribution in [0.5, 0.6) is 5.75 Å². The first-order valence-corrected chi connectivity index (χ1v) is 6.59. The van der Waals surface area contributed by atoms with Crippen LogP contribution >= 0.6 is 11.3 Å². The second-order valence-corrected chi connectivity index (χ2v) is 5.20. The lowest BCUT2D eigenvalue weighted by Gasteiger charge is -2.07. The van der Waals surface area contributed by atoms with Gasteiger partial charge in [-0.05, 0) is 19.9 Å². The summed E-state index contributed by atoms with van der Waals surface area (Å²) in [6.45, 7) is 3.48. The number of aromatic hydroxyl groups is 1. The van der Waals surface area contributed by atoms with Crippen molar-refractivity contribution in [1.29, 1.82) is 0 Å². The van der Waals surface area contributed by atoms with Crippen LogP contribution in [-0.2, 0) is 4.79 Å². The largest absolute Gasteiger partial charge is 0.506 e. The lowest BCUT2D eigenvalue weighted by atomic mass is 10.0. The van der Waals surface area contributed by atoms with Gasteiger partial charge in [-0.1, -0.05) is 0 Å². The monoisotopic (exact) mass is 273 g/mol. The summed E-state index contributed by atoms with van der Waals surface area (Å²) in [5.74, 6) is 0.409. The smallest absolute Gasteiger partial charge is 0.257 e. The third-order valence-electron chi connectivity index (χ3n) is 3.05. The first-order chi connectivity index (χ1) is 9.08. The molecule has 6 heteroatoms. The minimum Gasteiger partial charge on any atom is -0.506 e. The Hall–Kier alpha value is -2.21. The normalized spacial score (nSPS) is 15.7. The Kier molecular flexibility index (Phi) is 2.60. The molecule has 1 amide bonds. The molecule has 19 heavy (non-hydrogen) atoms. The molecule has 96 valence electrons. The van der Waals surface area contributed by atoms with Crippen LogP contribution in [0.25, 0.3) is 11.6 Å². The van der Waals surface area contributed by atoms with Crippen molar-refractivity contribution in [2.24, 2.45) is 0 Å². The Morgan fingerprint density at radius 1 is 1.42 bits per heavy atom. The molecule has 0 spiro atoms. The van der Waals surface area contributed by atoms with E-state index in [0.29, 0.717) is 28.2 Å². The zero-order chi connectivity index (χ0) is 13.6. The average Bonchev–Trinajstić information content (AvgIpc) is 2.97. The number of thiazole rings is 1. The number of fused-ring (bicyclic) bond motifs is 1. The summed E-state index contributed by atoms with van der Waals surface area (Å²) in [6, 6.07) is 0. The van der Waals surface area contributed by atoms with Crippen LogP contribution in [-0.4, -0.2) is 21.0 Å². The molecule has 0 atom stereocenters. The van der Waals surface area contributed by atoms with Crippen molar-refractivity contribution in [2.45, 2.75) is 13.8 Å². The Labute approximate surface area is 113 Å². The number of aromatic nitrogens is 2. The van der Waals surface area contributed by atoms with E-state index in [1.165, 1.54) is 11.3 Å². The maximum absolute atomic E-state index is 12.0. The molecule has 0 saturated carbocycles. The number of amides is 1. The molecular formula is C13H11N3O2S. The zero-order valence-electron chi connectivity index (χ0n) is 10.4. The number of pyridine rings is 1. The lowest BCUT2D eigenvalue weighted by Crippen LogP contribution is -2.04. The maximum Gasteiger partial charge on any atom is 0.257 e. The van der Waals surface area contributed by atoms with Crippen molar-refractivity contribution in [3.05, 3.63) is 33.4 Å². The number of nitrogens with zero attached hydrogens (tertiary/aromatic N) is 2. The van der Waals surface area contributed by atoms with Gasteiger partial charge in [-0.25, -0.2) is 9.97 Å². The van der Waals surface area contributed by atoms with E-state index in [4.69, 9.17) is 0 Å². The summed E-state index contributed by atoms with van der Waals surface area (Å²) in [6.07, 6.45) is 3.40. The molecular weight excluding hydrogens is 262 g/mol. The SMILES string of the molecule is Cc1nc2c(c(C)c1O)/C(=C/c1nccs1)C(=O)N2. The average molecular weight is 273 g/mol. The van der Waals surface area contributed by atoms with Crippen LogP contribution in [0.15, 0.2) is 11.6 Å². The summed E-state index contributed by atoms with van der Waals surface area (Å²) in [5.41, 5.74) is 2.31. The van der Waals surface area contributed by atoms with Gasteiger partial charge in [0.1, 0.15) is 16.6 Å². The number of carbonyl (C=O) groups excluding carboxylic acids is 1. The number of carbonyl (C=O) groups is 1. The summed E-state index contributed by atoms with van der Waals surface area (Å²) in [5, 5.41) is 15.3. The molecule has 5 nitrogen and oxygen atoms in total. The van der Waals surface area contributed by atoms with E-state index in [1.54, 1.807) is 26.1 Å². The van der Waals surface area contributed by atoms with Crippen LogP contribution < -0.4 is 5.32 Å². The highest BCUT2D eigenvalue weighted by Gasteiger charge is 2.29. The molecule has 0 bridgehead atoms. The Morgan fingerprint density at radius 2 is 2.21 bits per heavy atom. The van der Waals surface area contributed by atoms with Gasteiger partial charge in [-0.2, -0.15) is 0 Å². The molecule has 2 aromatic rings. The molecule has 0 radical (unpaired) electrons. The highest BCUT2D eigenvalue weighted by molar-refractivity contribution is 7.10. The van der Waals surface area contributed by atoms with Crippen molar-refractivity contribution in [3.63, 3.8) is 0 Å². The van der Waals surface area contributed by atoms with Crippen molar-refractivity contribution in [1.82, 2.24) is 9.97 Å². The van der Waals surface area contributed by atoms with Gasteiger partial charge in [0.15, 0.2) is 0 Å². The lowest BCUT2D eigenvalue weighted by molar-refractivity contribution is -0.110. The van der Waals surface area contributed by atoms with Crippen LogP contribution in [0, 0.1) is 13.8 Å². The predicted molar refractivity (Wildman–Crippen MR) is 74.0 cm³/mol. The number of rotatable bonds is 1. The molecule has 0 aromatic carbocycles. The summed E-state index contributed by atoms with van der Waals surface area (Å²) >= 11 is 1.45. The van der Waals surface area contributed by atoms with Gasteiger partial charge in [0.2, 0.25) is 0 Å². The molecule has 0 fully saturated rings. The van der Waals surface area contributed by atoms with E-state index in [-0.39, 0.29) is 11.7 Å². The van der Waals surface area contributed by atoms with E-state index in [1.807, 2.05) is 5.38 Å². The topological polar surface area (TPSA) is 75.1 Å². The highest BCUT2D eigenvalue weighted by Crippen LogP contribution is 2.38. The number of anilines is 1. The fourth-order valence-corrected chi connectivity index (χ4v) is 2.69. The van der Waals surface area contributed by atoms with E-state index < -0.39 is 0 Å². The molecule has 1 aliphatic rings. The van der Waals surface area contributed by atoms with Crippen molar-refractivity contribution >= 4 is 34.7 Å².